The maximum absolute atomic E-state index is 12.6. The second kappa shape index (κ2) is 6.98. The molecule has 10 heteroatoms. The third kappa shape index (κ3) is 3.44. The summed E-state index contributed by atoms with van der Waals surface area (Å²) < 4.78 is 43.4. The zero-order chi connectivity index (χ0) is 17.3. The lowest BCUT2D eigenvalue weighted by Crippen LogP contribution is -2.64. The number of rotatable bonds is 5. The highest BCUT2D eigenvalue weighted by atomic mass is 127. The fraction of sp³-hybridized carbons (Fsp3) is 0.643. The van der Waals surface area contributed by atoms with Crippen molar-refractivity contribution in [1.82, 2.24) is 14.9 Å². The van der Waals surface area contributed by atoms with Crippen molar-refractivity contribution in [2.45, 2.75) is 31.1 Å². The van der Waals surface area contributed by atoms with Crippen LogP contribution in [-0.4, -0.2) is 57.2 Å². The van der Waals surface area contributed by atoms with Crippen LogP contribution < -0.4 is 4.90 Å². The van der Waals surface area contributed by atoms with Crippen molar-refractivity contribution in [3.05, 3.63) is 18.0 Å². The summed E-state index contributed by atoms with van der Waals surface area (Å²) in [5, 5.41) is 0. The molecule has 132 valence electrons. The molecule has 6 nitrogen and oxygen atoms in total. The molecule has 2 aliphatic rings. The number of ether oxygens (including phenoxy) is 1. The Hall–Kier alpha value is -1.17. The largest absolute Gasteiger partial charge is 0.419 e. The van der Waals surface area contributed by atoms with E-state index in [0.29, 0.717) is 30.7 Å². The molecule has 3 rings (SSSR count). The molecule has 1 aromatic rings. The van der Waals surface area contributed by atoms with Gasteiger partial charge in [0.15, 0.2) is 0 Å². The quantitative estimate of drug-likeness (QED) is 0.386. The first-order chi connectivity index (χ1) is 11.4. The second-order valence-corrected chi connectivity index (χ2v) is 6.32. The number of anilines is 1. The van der Waals surface area contributed by atoms with Crippen LogP contribution in [0.2, 0.25) is 0 Å². The molecule has 2 saturated heterocycles. The van der Waals surface area contributed by atoms with Crippen molar-refractivity contribution in [1.29, 1.82) is 0 Å². The molecule has 0 bridgehead atoms. The molecule has 2 aliphatic heterocycles. The third-order valence-corrected chi connectivity index (χ3v) is 4.81. The highest BCUT2D eigenvalue weighted by Gasteiger charge is 2.49. The zero-order valence-electron chi connectivity index (χ0n) is 12.7. The number of halogens is 4. The van der Waals surface area contributed by atoms with Gasteiger partial charge >= 0.3 is 6.18 Å². The Balaban J connectivity index is 1.59. The van der Waals surface area contributed by atoms with Gasteiger partial charge in [0.2, 0.25) is 11.9 Å². The van der Waals surface area contributed by atoms with Gasteiger partial charge in [-0.05, 0) is 6.42 Å². The molecule has 0 N–H and O–H groups in total. The number of alkyl halides is 4. The molecule has 2 atom stereocenters. The van der Waals surface area contributed by atoms with Crippen LogP contribution in [0.4, 0.5) is 19.1 Å². The first kappa shape index (κ1) is 17.6. The van der Waals surface area contributed by atoms with Gasteiger partial charge in [0.25, 0.3) is 0 Å². The summed E-state index contributed by atoms with van der Waals surface area (Å²) in [4.78, 5) is 23.5. The van der Waals surface area contributed by atoms with Gasteiger partial charge in [-0.25, -0.2) is 9.97 Å². The molecule has 1 aromatic heterocycles. The fourth-order valence-electron chi connectivity index (χ4n) is 3.13. The lowest BCUT2D eigenvalue weighted by molar-refractivity contribution is -0.140. The molecule has 0 aromatic carbocycles. The molecule has 0 unspecified atom stereocenters. The first-order valence-corrected chi connectivity index (χ1v) is 9.03. The van der Waals surface area contributed by atoms with E-state index in [4.69, 9.17) is 4.74 Å². The van der Waals surface area contributed by atoms with Crippen LogP contribution in [0.3, 0.4) is 0 Å². The molecule has 1 amide bonds. The number of carbonyl (C=O) groups is 1. The van der Waals surface area contributed by atoms with Gasteiger partial charge in [0.1, 0.15) is 0 Å². The Labute approximate surface area is 150 Å². The van der Waals surface area contributed by atoms with E-state index in [1.165, 1.54) is 0 Å². The van der Waals surface area contributed by atoms with Crippen molar-refractivity contribution in [2.24, 2.45) is 0 Å². The van der Waals surface area contributed by atoms with Gasteiger partial charge < -0.3 is 14.5 Å². The number of carbonyl (C=O) groups excluding carboxylic acids is 1. The summed E-state index contributed by atoms with van der Waals surface area (Å²) in [5.41, 5.74) is -0.859. The Bertz CT molecular complexity index is 599. The summed E-state index contributed by atoms with van der Waals surface area (Å²) in [7, 11) is 0. The lowest BCUT2D eigenvalue weighted by atomic mass is 9.96. The Morgan fingerprint density at radius 3 is 2.67 bits per heavy atom. The number of aromatic nitrogens is 2. The van der Waals surface area contributed by atoms with E-state index < -0.39 is 11.7 Å². The van der Waals surface area contributed by atoms with Crippen molar-refractivity contribution in [2.75, 3.05) is 29.2 Å². The Morgan fingerprint density at radius 1 is 1.33 bits per heavy atom. The number of nitrogens with zero attached hydrogens (tertiary/aromatic N) is 4. The minimum absolute atomic E-state index is 0.0521. The standard InChI is InChI=1S/C14H16F3IN4O2/c15-14(16,17)9-5-19-13(20-6-9)21-3-1-10-11(21)7-22(10)12(23)2-4-24-8-18/h5-6,10-11H,1-4,7-8H2/t10-,11-/m1/s1. The topological polar surface area (TPSA) is 58.6 Å². The molecular formula is C14H16F3IN4O2. The molecule has 3 heterocycles. The predicted molar refractivity (Wildman–Crippen MR) is 87.7 cm³/mol. The Kier molecular flexibility index (Phi) is 5.13. The second-order valence-electron chi connectivity index (χ2n) is 5.70. The molecular weight excluding hydrogens is 440 g/mol. The third-order valence-electron chi connectivity index (χ3n) is 4.37. The highest BCUT2D eigenvalue weighted by Crippen LogP contribution is 2.35. The van der Waals surface area contributed by atoms with Gasteiger partial charge in [0, 0.05) is 25.5 Å². The van der Waals surface area contributed by atoms with E-state index >= 15 is 0 Å². The molecule has 0 aliphatic carbocycles. The summed E-state index contributed by atoms with van der Waals surface area (Å²) in [6.45, 7) is 1.59. The van der Waals surface area contributed by atoms with Crippen LogP contribution in [0.25, 0.3) is 0 Å². The average Bonchev–Trinajstić information content (AvgIpc) is 2.83. The van der Waals surface area contributed by atoms with Crippen LogP contribution in [0.5, 0.6) is 0 Å². The van der Waals surface area contributed by atoms with E-state index in [1.54, 1.807) is 0 Å². The van der Waals surface area contributed by atoms with Gasteiger partial charge in [0.05, 0.1) is 35.3 Å². The molecule has 0 radical (unpaired) electrons. The molecule has 2 fully saturated rings. The number of hydrogen-bond donors (Lipinski definition) is 0. The highest BCUT2D eigenvalue weighted by molar-refractivity contribution is 14.1. The van der Waals surface area contributed by atoms with E-state index in [0.717, 1.165) is 18.8 Å². The Morgan fingerprint density at radius 2 is 2.04 bits per heavy atom. The number of likely N-dealkylation sites (tertiary alicyclic amines) is 1. The van der Waals surface area contributed by atoms with Gasteiger partial charge in [-0.1, -0.05) is 22.6 Å². The summed E-state index contributed by atoms with van der Waals surface area (Å²) >= 11 is 2.08. The molecule has 24 heavy (non-hydrogen) atoms. The van der Waals surface area contributed by atoms with Crippen LogP contribution >= 0.6 is 22.6 Å². The number of fused-ring (bicyclic) bond motifs is 1. The van der Waals surface area contributed by atoms with E-state index in [9.17, 15) is 18.0 Å². The van der Waals surface area contributed by atoms with Crippen LogP contribution in [-0.2, 0) is 15.7 Å². The summed E-state index contributed by atoms with van der Waals surface area (Å²) in [6, 6.07) is 0.166. The van der Waals surface area contributed by atoms with E-state index in [1.807, 2.05) is 9.80 Å². The average molecular weight is 456 g/mol. The maximum atomic E-state index is 12.6. The normalized spacial score (nSPS) is 23.2. The van der Waals surface area contributed by atoms with Crippen molar-refractivity contribution in [3.63, 3.8) is 0 Å². The smallest absolute Gasteiger partial charge is 0.371 e. The summed E-state index contributed by atoms with van der Waals surface area (Å²) in [6.07, 6.45) is -1.71. The minimum Gasteiger partial charge on any atom is -0.371 e. The SMILES string of the molecule is O=C(CCOCI)N1C[C@@H]2[C@H]1CCN2c1ncc(C(F)(F)F)cn1. The number of hydrogen-bond acceptors (Lipinski definition) is 5. The monoisotopic (exact) mass is 456 g/mol. The molecule has 0 saturated carbocycles. The minimum atomic E-state index is -4.44. The zero-order valence-corrected chi connectivity index (χ0v) is 14.8. The first-order valence-electron chi connectivity index (χ1n) is 7.51. The van der Waals surface area contributed by atoms with Crippen LogP contribution in [0, 0.1) is 0 Å². The van der Waals surface area contributed by atoms with Crippen molar-refractivity contribution >= 4 is 34.4 Å². The fourth-order valence-corrected chi connectivity index (χ4v) is 3.44. The lowest BCUT2D eigenvalue weighted by Gasteiger charge is -2.46. The van der Waals surface area contributed by atoms with Crippen LogP contribution in [0.15, 0.2) is 12.4 Å². The van der Waals surface area contributed by atoms with Gasteiger partial charge in [-0.2, -0.15) is 13.2 Å². The van der Waals surface area contributed by atoms with E-state index in [2.05, 4.69) is 32.6 Å². The van der Waals surface area contributed by atoms with Gasteiger partial charge in [-0.3, -0.25) is 4.79 Å². The molecule has 0 spiro atoms. The van der Waals surface area contributed by atoms with E-state index in [-0.39, 0.29) is 23.9 Å². The van der Waals surface area contributed by atoms with Crippen molar-refractivity contribution < 1.29 is 22.7 Å². The summed E-state index contributed by atoms with van der Waals surface area (Å²) in [5.74, 6) is 0.340. The number of amides is 1. The van der Waals surface area contributed by atoms with Crippen LogP contribution in [0.1, 0.15) is 18.4 Å². The predicted octanol–water partition coefficient (Wildman–Crippen LogP) is 2.08. The maximum Gasteiger partial charge on any atom is 0.419 e. The van der Waals surface area contributed by atoms with Gasteiger partial charge in [-0.15, -0.1) is 0 Å². The van der Waals surface area contributed by atoms with Crippen molar-refractivity contribution in [3.8, 4) is 0 Å².